The topological polar surface area (TPSA) is 104 Å². The number of sulfonamides is 1. The van der Waals surface area contributed by atoms with Gasteiger partial charge in [-0.25, -0.2) is 18.1 Å². The minimum atomic E-state index is -3.37. The molecule has 0 radical (unpaired) electrons. The molecular formula is C18H26N4O4S. The quantitative estimate of drug-likeness (QED) is 0.696. The fourth-order valence-electron chi connectivity index (χ4n) is 3.62. The second-order valence-corrected chi connectivity index (χ2v) is 8.91. The molecule has 1 saturated heterocycles. The maximum Gasteiger partial charge on any atom is 0.223 e. The molecule has 0 bridgehead atoms. The number of H-pyrrole nitrogens is 1. The Morgan fingerprint density at radius 1 is 1.41 bits per heavy atom. The van der Waals surface area contributed by atoms with Crippen LogP contribution in [-0.4, -0.2) is 67.8 Å². The monoisotopic (exact) mass is 394 g/mol. The second-order valence-electron chi connectivity index (χ2n) is 7.16. The third-order valence-corrected chi connectivity index (χ3v) is 5.71. The van der Waals surface area contributed by atoms with Gasteiger partial charge in [0, 0.05) is 39.6 Å². The van der Waals surface area contributed by atoms with Crippen LogP contribution in [0.25, 0.3) is 11.0 Å². The average Bonchev–Trinajstić information content (AvgIpc) is 3.20. The average molecular weight is 394 g/mol. The smallest absolute Gasteiger partial charge is 0.223 e. The number of amides is 1. The Bertz CT molecular complexity index is 878. The Labute approximate surface area is 159 Å². The number of hydrogen-bond acceptors (Lipinski definition) is 5. The molecule has 1 aromatic carbocycles. The van der Waals surface area contributed by atoms with Gasteiger partial charge in [0.25, 0.3) is 0 Å². The number of nitrogens with zero attached hydrogens (tertiary/aromatic N) is 2. The van der Waals surface area contributed by atoms with E-state index in [0.717, 1.165) is 23.1 Å². The van der Waals surface area contributed by atoms with Gasteiger partial charge in [0.2, 0.25) is 15.9 Å². The molecule has 8 nitrogen and oxygen atoms in total. The standard InChI is InChI=1S/C18H26N4O4S/c1-26-12-10-18(21-27(2,24)25)9-11-22(13-18)17(23)8-7-16-19-14-5-3-4-6-15(14)20-16/h3-6,21H,7-13H2,1-2H3,(H,19,20). The van der Waals surface area contributed by atoms with Crippen molar-refractivity contribution in [3.05, 3.63) is 30.1 Å². The van der Waals surface area contributed by atoms with Gasteiger partial charge in [0.1, 0.15) is 5.82 Å². The Balaban J connectivity index is 1.61. The molecule has 9 heteroatoms. The van der Waals surface area contributed by atoms with Crippen LogP contribution in [-0.2, 0) is 26.0 Å². The first-order valence-corrected chi connectivity index (χ1v) is 10.9. The number of aromatic amines is 1. The molecule has 1 aliphatic heterocycles. The van der Waals surface area contributed by atoms with Crippen molar-refractivity contribution in [1.29, 1.82) is 0 Å². The number of carbonyl (C=O) groups is 1. The first kappa shape index (κ1) is 19.8. The number of likely N-dealkylation sites (tertiary alicyclic amines) is 1. The highest BCUT2D eigenvalue weighted by molar-refractivity contribution is 7.88. The number of nitrogens with one attached hydrogen (secondary N) is 2. The summed E-state index contributed by atoms with van der Waals surface area (Å²) in [5.74, 6) is 0.786. The molecule has 2 N–H and O–H groups in total. The largest absolute Gasteiger partial charge is 0.385 e. The summed E-state index contributed by atoms with van der Waals surface area (Å²) in [6.07, 6.45) is 3.12. The molecule has 0 saturated carbocycles. The molecule has 148 valence electrons. The van der Waals surface area contributed by atoms with Gasteiger partial charge in [-0.3, -0.25) is 4.79 Å². The first-order chi connectivity index (χ1) is 12.8. The van der Waals surface area contributed by atoms with Crippen LogP contribution in [0.15, 0.2) is 24.3 Å². The number of aryl methyl sites for hydroxylation is 1. The Morgan fingerprint density at radius 2 is 2.19 bits per heavy atom. The lowest BCUT2D eigenvalue weighted by molar-refractivity contribution is -0.130. The van der Waals surface area contributed by atoms with E-state index >= 15 is 0 Å². The predicted molar refractivity (Wildman–Crippen MR) is 103 cm³/mol. The molecule has 0 spiro atoms. The lowest BCUT2D eigenvalue weighted by Crippen LogP contribution is -2.51. The third-order valence-electron chi connectivity index (χ3n) is 4.91. The number of hydrogen-bond donors (Lipinski definition) is 2. The summed E-state index contributed by atoms with van der Waals surface area (Å²) in [6.45, 7) is 1.33. The number of ether oxygens (including phenoxy) is 1. The van der Waals surface area contributed by atoms with Gasteiger partial charge >= 0.3 is 0 Å². The number of imidazole rings is 1. The van der Waals surface area contributed by atoms with E-state index in [-0.39, 0.29) is 5.91 Å². The molecule has 1 unspecified atom stereocenters. The summed E-state index contributed by atoms with van der Waals surface area (Å²) in [5.41, 5.74) is 1.19. The molecule has 1 aromatic heterocycles. The number of fused-ring (bicyclic) bond motifs is 1. The van der Waals surface area contributed by atoms with Crippen molar-refractivity contribution in [1.82, 2.24) is 19.6 Å². The maximum atomic E-state index is 12.6. The zero-order valence-corrected chi connectivity index (χ0v) is 16.5. The van der Waals surface area contributed by atoms with Crippen molar-refractivity contribution in [2.45, 2.75) is 31.2 Å². The summed E-state index contributed by atoms with van der Waals surface area (Å²) in [4.78, 5) is 22.1. The van der Waals surface area contributed by atoms with Gasteiger partial charge in [0.05, 0.1) is 22.8 Å². The SMILES string of the molecule is COCCC1(NS(C)(=O)=O)CCN(C(=O)CCc2nc3ccccc3[nH]2)C1. The number of para-hydroxylation sites is 2. The highest BCUT2D eigenvalue weighted by atomic mass is 32.2. The fraction of sp³-hybridized carbons (Fsp3) is 0.556. The van der Waals surface area contributed by atoms with Crippen molar-refractivity contribution in [3.63, 3.8) is 0 Å². The highest BCUT2D eigenvalue weighted by Crippen LogP contribution is 2.26. The van der Waals surface area contributed by atoms with Crippen molar-refractivity contribution >= 4 is 27.0 Å². The lowest BCUT2D eigenvalue weighted by Gasteiger charge is -2.29. The van der Waals surface area contributed by atoms with Crippen molar-refractivity contribution in [2.24, 2.45) is 0 Å². The summed E-state index contributed by atoms with van der Waals surface area (Å²) in [5, 5.41) is 0. The zero-order chi connectivity index (χ0) is 19.5. The first-order valence-electron chi connectivity index (χ1n) is 9.00. The van der Waals surface area contributed by atoms with Crippen LogP contribution in [0.4, 0.5) is 0 Å². The Morgan fingerprint density at radius 3 is 2.89 bits per heavy atom. The number of aromatic nitrogens is 2. The molecule has 2 heterocycles. The van der Waals surface area contributed by atoms with Crippen LogP contribution in [0.1, 0.15) is 25.1 Å². The molecule has 1 amide bonds. The number of rotatable bonds is 8. The normalized spacial score (nSPS) is 20.4. The lowest BCUT2D eigenvalue weighted by atomic mass is 9.96. The minimum absolute atomic E-state index is 0.00467. The molecule has 2 aromatic rings. The van der Waals surface area contributed by atoms with Gasteiger partial charge < -0.3 is 14.6 Å². The molecule has 1 atom stereocenters. The van der Waals surface area contributed by atoms with Gasteiger partial charge in [-0.2, -0.15) is 0 Å². The van der Waals surface area contributed by atoms with Gasteiger partial charge in [-0.05, 0) is 25.0 Å². The van der Waals surface area contributed by atoms with Gasteiger partial charge in [-0.1, -0.05) is 12.1 Å². The fourth-order valence-corrected chi connectivity index (χ4v) is 4.68. The highest BCUT2D eigenvalue weighted by Gasteiger charge is 2.41. The van der Waals surface area contributed by atoms with Gasteiger partial charge in [-0.15, -0.1) is 0 Å². The molecular weight excluding hydrogens is 368 g/mol. The van der Waals surface area contributed by atoms with Crippen LogP contribution in [0.2, 0.25) is 0 Å². The second kappa shape index (κ2) is 7.95. The summed E-state index contributed by atoms with van der Waals surface area (Å²) in [6, 6.07) is 7.75. The van der Waals surface area contributed by atoms with E-state index in [2.05, 4.69) is 14.7 Å². The van der Waals surface area contributed by atoms with Crippen molar-refractivity contribution in [3.8, 4) is 0 Å². The van der Waals surface area contributed by atoms with E-state index in [1.807, 2.05) is 24.3 Å². The number of methoxy groups -OCH3 is 1. The van der Waals surface area contributed by atoms with E-state index in [9.17, 15) is 13.2 Å². The molecule has 0 aliphatic carbocycles. The molecule has 1 fully saturated rings. The van der Waals surface area contributed by atoms with E-state index in [1.54, 1.807) is 12.0 Å². The molecule has 27 heavy (non-hydrogen) atoms. The minimum Gasteiger partial charge on any atom is -0.385 e. The van der Waals surface area contributed by atoms with Crippen molar-refractivity contribution < 1.29 is 17.9 Å². The van der Waals surface area contributed by atoms with Crippen LogP contribution < -0.4 is 4.72 Å². The predicted octanol–water partition coefficient (Wildman–Crippen LogP) is 1.05. The Hall–Kier alpha value is -1.97. The Kier molecular flexibility index (Phi) is 5.83. The molecule has 1 aliphatic rings. The van der Waals surface area contributed by atoms with E-state index in [1.165, 1.54) is 0 Å². The molecule has 3 rings (SSSR count). The summed E-state index contributed by atoms with van der Waals surface area (Å²) in [7, 11) is -1.79. The van der Waals surface area contributed by atoms with Crippen LogP contribution >= 0.6 is 0 Å². The maximum absolute atomic E-state index is 12.6. The van der Waals surface area contributed by atoms with E-state index in [0.29, 0.717) is 45.4 Å². The third kappa shape index (κ3) is 5.06. The van der Waals surface area contributed by atoms with Crippen molar-refractivity contribution in [2.75, 3.05) is 33.1 Å². The summed E-state index contributed by atoms with van der Waals surface area (Å²) >= 11 is 0. The van der Waals surface area contributed by atoms with Crippen LogP contribution in [0.5, 0.6) is 0 Å². The number of benzene rings is 1. The zero-order valence-electron chi connectivity index (χ0n) is 15.7. The summed E-state index contributed by atoms with van der Waals surface area (Å²) < 4.78 is 31.4. The number of carbonyl (C=O) groups excluding carboxylic acids is 1. The van der Waals surface area contributed by atoms with Crippen LogP contribution in [0.3, 0.4) is 0 Å². The van der Waals surface area contributed by atoms with E-state index < -0.39 is 15.6 Å². The van der Waals surface area contributed by atoms with Crippen LogP contribution in [0, 0.1) is 0 Å². The van der Waals surface area contributed by atoms with E-state index in [4.69, 9.17) is 4.74 Å². The van der Waals surface area contributed by atoms with Gasteiger partial charge in [0.15, 0.2) is 0 Å².